The summed E-state index contributed by atoms with van der Waals surface area (Å²) in [6.45, 7) is 3.95. The molecule has 5 aromatic rings. The standard InChI is InChI=1S/C27H20Cl3N3O3/c1-3-15(2)35-25-20(29)10-16(11-21(25)30)14-31-33-26(32-22-7-5-4-6-19(22)27(33)34)24-13-17-12-18(28)8-9-23(17)36-24/h4-15H,3H2,1-2H3/t15-/m1/s1. The molecule has 0 aliphatic carbocycles. The highest BCUT2D eigenvalue weighted by Gasteiger charge is 2.17. The Morgan fingerprint density at radius 1 is 1.08 bits per heavy atom. The number of aromatic nitrogens is 2. The molecule has 0 saturated heterocycles. The van der Waals surface area contributed by atoms with Gasteiger partial charge in [0.25, 0.3) is 5.56 Å². The average Bonchev–Trinajstić information content (AvgIpc) is 3.28. The Morgan fingerprint density at radius 2 is 1.83 bits per heavy atom. The molecule has 0 saturated carbocycles. The van der Waals surface area contributed by atoms with E-state index in [4.69, 9.17) is 44.0 Å². The maximum Gasteiger partial charge on any atom is 0.282 e. The number of fused-ring (bicyclic) bond motifs is 2. The first-order valence-electron chi connectivity index (χ1n) is 11.3. The third-order valence-corrected chi connectivity index (χ3v) is 6.49. The van der Waals surface area contributed by atoms with E-state index in [1.54, 1.807) is 54.6 Å². The molecular formula is C27H20Cl3N3O3. The minimum atomic E-state index is -0.348. The average molecular weight is 541 g/mol. The molecule has 5 rings (SSSR count). The summed E-state index contributed by atoms with van der Waals surface area (Å²) >= 11 is 19.0. The van der Waals surface area contributed by atoms with Crippen molar-refractivity contribution in [3.05, 3.63) is 91.6 Å². The number of nitrogens with zero attached hydrogens (tertiary/aromatic N) is 3. The van der Waals surface area contributed by atoms with Crippen LogP contribution in [0.25, 0.3) is 33.5 Å². The van der Waals surface area contributed by atoms with E-state index in [2.05, 4.69) is 10.1 Å². The van der Waals surface area contributed by atoms with Crippen LogP contribution in [0.15, 0.2) is 75.0 Å². The molecule has 182 valence electrons. The Balaban J connectivity index is 1.63. The predicted octanol–water partition coefficient (Wildman–Crippen LogP) is 7.83. The van der Waals surface area contributed by atoms with Crippen LogP contribution in [-0.2, 0) is 0 Å². The fourth-order valence-electron chi connectivity index (χ4n) is 3.69. The smallest absolute Gasteiger partial charge is 0.282 e. The summed E-state index contributed by atoms with van der Waals surface area (Å²) in [6.07, 6.45) is 2.26. The van der Waals surface area contributed by atoms with Gasteiger partial charge in [-0.2, -0.15) is 9.78 Å². The molecule has 9 heteroatoms. The van der Waals surface area contributed by atoms with Gasteiger partial charge in [0.1, 0.15) is 5.58 Å². The SMILES string of the molecule is CC[C@@H](C)Oc1c(Cl)cc(C=Nn2c(-c3cc4cc(Cl)ccc4o3)nc3ccccc3c2=O)cc1Cl. The van der Waals surface area contributed by atoms with E-state index >= 15 is 0 Å². The molecule has 0 fully saturated rings. The van der Waals surface area contributed by atoms with Crippen LogP contribution in [-0.4, -0.2) is 22.0 Å². The summed E-state index contributed by atoms with van der Waals surface area (Å²) in [4.78, 5) is 18.1. The van der Waals surface area contributed by atoms with Crippen LogP contribution < -0.4 is 10.3 Å². The number of furan rings is 1. The predicted molar refractivity (Wildman–Crippen MR) is 146 cm³/mol. The van der Waals surface area contributed by atoms with E-state index in [1.165, 1.54) is 10.9 Å². The lowest BCUT2D eigenvalue weighted by atomic mass is 10.2. The number of halogens is 3. The minimum Gasteiger partial charge on any atom is -0.488 e. The van der Waals surface area contributed by atoms with Gasteiger partial charge < -0.3 is 9.15 Å². The number of hydrogen-bond donors (Lipinski definition) is 0. The van der Waals surface area contributed by atoms with Gasteiger partial charge in [-0.05, 0) is 67.4 Å². The molecule has 36 heavy (non-hydrogen) atoms. The van der Waals surface area contributed by atoms with Crippen LogP contribution >= 0.6 is 34.8 Å². The fraction of sp³-hybridized carbons (Fsp3) is 0.148. The summed E-state index contributed by atoms with van der Waals surface area (Å²) < 4.78 is 13.0. The maximum absolute atomic E-state index is 13.4. The minimum absolute atomic E-state index is 0.0389. The van der Waals surface area contributed by atoms with E-state index in [1.807, 2.05) is 19.9 Å². The summed E-state index contributed by atoms with van der Waals surface area (Å²) in [7, 11) is 0. The molecule has 0 amide bonds. The monoisotopic (exact) mass is 539 g/mol. The van der Waals surface area contributed by atoms with E-state index in [9.17, 15) is 4.79 Å². The van der Waals surface area contributed by atoms with Crippen LogP contribution in [0, 0.1) is 0 Å². The summed E-state index contributed by atoms with van der Waals surface area (Å²) in [6, 6.07) is 17.5. The zero-order chi connectivity index (χ0) is 25.4. The molecule has 1 atom stereocenters. The lowest BCUT2D eigenvalue weighted by Gasteiger charge is -2.15. The zero-order valence-electron chi connectivity index (χ0n) is 19.3. The molecule has 0 aliphatic heterocycles. The molecule has 0 bridgehead atoms. The number of hydrogen-bond acceptors (Lipinski definition) is 5. The Bertz CT molecular complexity index is 1670. The fourth-order valence-corrected chi connectivity index (χ4v) is 4.46. The third-order valence-electron chi connectivity index (χ3n) is 5.69. The van der Waals surface area contributed by atoms with Crippen LogP contribution in [0.2, 0.25) is 15.1 Å². The van der Waals surface area contributed by atoms with Crippen LogP contribution in [0.1, 0.15) is 25.8 Å². The first-order chi connectivity index (χ1) is 17.3. The number of rotatable bonds is 6. The topological polar surface area (TPSA) is 69.6 Å². The molecule has 0 unspecified atom stereocenters. The van der Waals surface area contributed by atoms with E-state index in [0.29, 0.717) is 48.6 Å². The third kappa shape index (κ3) is 4.72. The van der Waals surface area contributed by atoms with Gasteiger partial charge in [0.2, 0.25) is 5.82 Å². The molecule has 0 N–H and O–H groups in total. The van der Waals surface area contributed by atoms with Crippen molar-refractivity contribution in [2.45, 2.75) is 26.4 Å². The molecule has 2 aromatic heterocycles. The normalized spacial score (nSPS) is 12.6. The van der Waals surface area contributed by atoms with Crippen molar-refractivity contribution in [2.75, 3.05) is 0 Å². The lowest BCUT2D eigenvalue weighted by Crippen LogP contribution is -2.20. The van der Waals surface area contributed by atoms with Gasteiger partial charge >= 0.3 is 0 Å². The molecule has 6 nitrogen and oxygen atoms in total. The Kier molecular flexibility index (Phi) is 6.75. The maximum atomic E-state index is 13.4. The van der Waals surface area contributed by atoms with Crippen molar-refractivity contribution < 1.29 is 9.15 Å². The Hall–Kier alpha value is -3.32. The summed E-state index contributed by atoms with van der Waals surface area (Å²) in [5.41, 5.74) is 1.38. The van der Waals surface area contributed by atoms with Gasteiger partial charge in [0.15, 0.2) is 11.5 Å². The zero-order valence-corrected chi connectivity index (χ0v) is 21.6. The molecular weight excluding hydrogens is 521 g/mol. The molecule has 0 spiro atoms. The summed E-state index contributed by atoms with van der Waals surface area (Å²) in [5.74, 6) is 1.04. The van der Waals surface area contributed by atoms with Crippen molar-refractivity contribution in [3.8, 4) is 17.3 Å². The van der Waals surface area contributed by atoms with E-state index in [0.717, 1.165) is 11.8 Å². The Morgan fingerprint density at radius 3 is 2.58 bits per heavy atom. The Labute approximate surface area is 221 Å². The van der Waals surface area contributed by atoms with Gasteiger partial charge in [0, 0.05) is 10.4 Å². The lowest BCUT2D eigenvalue weighted by molar-refractivity contribution is 0.218. The van der Waals surface area contributed by atoms with Crippen molar-refractivity contribution >= 4 is 62.9 Å². The van der Waals surface area contributed by atoms with Crippen molar-refractivity contribution in [3.63, 3.8) is 0 Å². The van der Waals surface area contributed by atoms with Gasteiger partial charge in [-0.1, -0.05) is 53.9 Å². The van der Waals surface area contributed by atoms with Crippen molar-refractivity contribution in [1.82, 2.24) is 9.66 Å². The number of para-hydroxylation sites is 1. The van der Waals surface area contributed by atoms with Gasteiger partial charge in [-0.15, -0.1) is 0 Å². The van der Waals surface area contributed by atoms with Gasteiger partial charge in [-0.25, -0.2) is 4.98 Å². The number of benzene rings is 3. The second-order valence-corrected chi connectivity index (χ2v) is 9.51. The highest BCUT2D eigenvalue weighted by atomic mass is 35.5. The van der Waals surface area contributed by atoms with Crippen molar-refractivity contribution in [1.29, 1.82) is 0 Å². The van der Waals surface area contributed by atoms with Crippen LogP contribution in [0.5, 0.6) is 5.75 Å². The first kappa shape index (κ1) is 24.4. The summed E-state index contributed by atoms with van der Waals surface area (Å²) in [5, 5.41) is 6.93. The number of ether oxygens (including phenoxy) is 1. The van der Waals surface area contributed by atoms with Gasteiger partial charge in [-0.3, -0.25) is 4.79 Å². The second-order valence-electron chi connectivity index (χ2n) is 8.26. The van der Waals surface area contributed by atoms with Crippen LogP contribution in [0.4, 0.5) is 0 Å². The van der Waals surface area contributed by atoms with Gasteiger partial charge in [0.05, 0.1) is 33.3 Å². The first-order valence-corrected chi connectivity index (χ1v) is 12.4. The quantitative estimate of drug-likeness (QED) is 0.206. The van der Waals surface area contributed by atoms with Crippen LogP contribution in [0.3, 0.4) is 0 Å². The highest BCUT2D eigenvalue weighted by Crippen LogP contribution is 2.35. The largest absolute Gasteiger partial charge is 0.488 e. The van der Waals surface area contributed by atoms with E-state index in [-0.39, 0.29) is 17.5 Å². The second kappa shape index (κ2) is 9.97. The van der Waals surface area contributed by atoms with E-state index < -0.39 is 0 Å². The molecule has 0 radical (unpaired) electrons. The molecule has 2 heterocycles. The van der Waals surface area contributed by atoms with Crippen molar-refractivity contribution in [2.24, 2.45) is 5.10 Å². The molecule has 0 aliphatic rings. The highest BCUT2D eigenvalue weighted by molar-refractivity contribution is 6.37. The molecule has 3 aromatic carbocycles.